The summed E-state index contributed by atoms with van der Waals surface area (Å²) in [4.78, 5) is 23.3. The smallest absolute Gasteiger partial charge is 0.407 e. The van der Waals surface area contributed by atoms with Crippen molar-refractivity contribution < 1.29 is 19.0 Å². The van der Waals surface area contributed by atoms with E-state index in [1.54, 1.807) is 6.33 Å². The van der Waals surface area contributed by atoms with E-state index in [9.17, 15) is 4.79 Å². The molecule has 2 aliphatic rings. The Kier molecular flexibility index (Phi) is 6.69. The molecule has 0 bridgehead atoms. The highest BCUT2D eigenvalue weighted by Gasteiger charge is 2.27. The van der Waals surface area contributed by atoms with Gasteiger partial charge in [0.2, 0.25) is 0 Å². The number of amides is 1. The molecule has 0 unspecified atom stereocenters. The average Bonchev–Trinajstić information content (AvgIpc) is 2.74. The van der Waals surface area contributed by atoms with Crippen LogP contribution >= 0.6 is 0 Å². The van der Waals surface area contributed by atoms with Gasteiger partial charge in [0.1, 0.15) is 17.7 Å². The van der Waals surface area contributed by atoms with Crippen LogP contribution in [0.4, 0.5) is 10.5 Å². The van der Waals surface area contributed by atoms with Gasteiger partial charge < -0.3 is 24.4 Å². The number of aryl methyl sites for hydroxylation is 1. The van der Waals surface area contributed by atoms with Crippen LogP contribution in [0.15, 0.2) is 18.5 Å². The largest absolute Gasteiger partial charge is 0.490 e. The standard InChI is InChI=1S/C24H34N4O4/c1-16-22-20(26-15-25-16)13-18(28-9-11-30-12-10-28)14-21(22)31-19-7-5-17(6-8-19)27-23(29)32-24(2,3)4/h13-15,17,19H,5-12H2,1-4H3,(H,27,29). The van der Waals surface area contributed by atoms with Gasteiger partial charge in [-0.2, -0.15) is 0 Å². The molecule has 8 heteroatoms. The van der Waals surface area contributed by atoms with E-state index in [1.807, 2.05) is 27.7 Å². The first-order chi connectivity index (χ1) is 15.3. The second kappa shape index (κ2) is 9.48. The monoisotopic (exact) mass is 442 g/mol. The number of hydrogen-bond acceptors (Lipinski definition) is 7. The third-order valence-electron chi connectivity index (χ3n) is 5.94. The van der Waals surface area contributed by atoms with Crippen LogP contribution in [0.3, 0.4) is 0 Å². The Hall–Kier alpha value is -2.61. The van der Waals surface area contributed by atoms with Crippen LogP contribution in [-0.4, -0.2) is 60.1 Å². The first-order valence-electron chi connectivity index (χ1n) is 11.5. The lowest BCUT2D eigenvalue weighted by atomic mass is 9.93. The van der Waals surface area contributed by atoms with E-state index < -0.39 is 5.60 Å². The van der Waals surface area contributed by atoms with Gasteiger partial charge in [-0.25, -0.2) is 14.8 Å². The SMILES string of the molecule is Cc1ncnc2cc(N3CCOCC3)cc(OC3CCC(NC(=O)OC(C)(C)C)CC3)c12. The lowest BCUT2D eigenvalue weighted by Gasteiger charge is -2.32. The molecular formula is C24H34N4O4. The number of morpholine rings is 1. The Labute approximate surface area is 189 Å². The first kappa shape index (κ1) is 22.6. The minimum atomic E-state index is -0.489. The maximum atomic E-state index is 12.1. The van der Waals surface area contributed by atoms with E-state index in [-0.39, 0.29) is 18.2 Å². The number of fused-ring (bicyclic) bond motifs is 1. The molecule has 4 rings (SSSR count). The Morgan fingerprint density at radius 2 is 1.84 bits per heavy atom. The Morgan fingerprint density at radius 1 is 1.12 bits per heavy atom. The molecule has 2 aromatic rings. The summed E-state index contributed by atoms with van der Waals surface area (Å²) in [7, 11) is 0. The molecule has 2 fully saturated rings. The number of rotatable bonds is 4. The average molecular weight is 443 g/mol. The van der Waals surface area contributed by atoms with Gasteiger partial charge in [-0.15, -0.1) is 0 Å². The predicted molar refractivity (Wildman–Crippen MR) is 123 cm³/mol. The van der Waals surface area contributed by atoms with Gasteiger partial charge in [0.05, 0.1) is 35.9 Å². The molecule has 1 amide bonds. The molecule has 1 aliphatic heterocycles. The van der Waals surface area contributed by atoms with Crippen molar-refractivity contribution in [2.45, 2.75) is 71.1 Å². The molecule has 1 saturated heterocycles. The number of ether oxygens (including phenoxy) is 3. The lowest BCUT2D eigenvalue weighted by Crippen LogP contribution is -2.42. The molecule has 1 aromatic carbocycles. The molecule has 0 radical (unpaired) electrons. The zero-order valence-corrected chi connectivity index (χ0v) is 19.5. The number of benzene rings is 1. The van der Waals surface area contributed by atoms with Gasteiger partial charge in [-0.05, 0) is 59.4 Å². The van der Waals surface area contributed by atoms with Crippen molar-refractivity contribution in [1.82, 2.24) is 15.3 Å². The second-order valence-electron chi connectivity index (χ2n) is 9.63. The highest BCUT2D eigenvalue weighted by atomic mass is 16.6. The summed E-state index contributed by atoms with van der Waals surface area (Å²) in [5.41, 5.74) is 2.43. The summed E-state index contributed by atoms with van der Waals surface area (Å²) in [6.07, 6.45) is 4.82. The van der Waals surface area contributed by atoms with E-state index in [1.165, 1.54) is 0 Å². The van der Waals surface area contributed by atoms with E-state index in [2.05, 4.69) is 32.3 Å². The van der Waals surface area contributed by atoms with Crippen molar-refractivity contribution >= 4 is 22.7 Å². The van der Waals surface area contributed by atoms with Crippen LogP contribution in [0.1, 0.15) is 52.1 Å². The molecule has 1 N–H and O–H groups in total. The van der Waals surface area contributed by atoms with Gasteiger partial charge >= 0.3 is 6.09 Å². The van der Waals surface area contributed by atoms with Crippen molar-refractivity contribution in [2.75, 3.05) is 31.2 Å². The number of alkyl carbamates (subject to hydrolysis) is 1. The Morgan fingerprint density at radius 3 is 2.53 bits per heavy atom. The van der Waals surface area contributed by atoms with E-state index in [4.69, 9.17) is 14.2 Å². The number of nitrogens with one attached hydrogen (secondary N) is 1. The van der Waals surface area contributed by atoms with Crippen LogP contribution < -0.4 is 15.0 Å². The molecule has 2 heterocycles. The number of nitrogens with zero attached hydrogens (tertiary/aromatic N) is 3. The van der Waals surface area contributed by atoms with Gasteiger partial charge in [0, 0.05) is 30.9 Å². The quantitative estimate of drug-likeness (QED) is 0.766. The van der Waals surface area contributed by atoms with Crippen molar-refractivity contribution in [3.05, 3.63) is 24.2 Å². The van der Waals surface area contributed by atoms with Gasteiger partial charge in [0.25, 0.3) is 0 Å². The normalized spacial score (nSPS) is 21.9. The van der Waals surface area contributed by atoms with Gasteiger partial charge in [0.15, 0.2) is 0 Å². The number of carbonyl (C=O) groups is 1. The Bertz CT molecular complexity index is 945. The number of hydrogen-bond donors (Lipinski definition) is 1. The second-order valence-corrected chi connectivity index (χ2v) is 9.63. The van der Waals surface area contributed by atoms with Crippen LogP contribution in [0.5, 0.6) is 5.75 Å². The van der Waals surface area contributed by atoms with Crippen molar-refractivity contribution in [1.29, 1.82) is 0 Å². The third kappa shape index (κ3) is 5.59. The predicted octanol–water partition coefficient (Wildman–Crippen LogP) is 3.99. The summed E-state index contributed by atoms with van der Waals surface area (Å²) in [6.45, 7) is 10.8. The van der Waals surface area contributed by atoms with Crippen LogP contribution in [0, 0.1) is 6.92 Å². The van der Waals surface area contributed by atoms with Gasteiger partial charge in [-0.3, -0.25) is 0 Å². The number of carbonyl (C=O) groups excluding carboxylic acids is 1. The van der Waals surface area contributed by atoms with Crippen molar-refractivity contribution in [3.8, 4) is 5.75 Å². The molecule has 1 aromatic heterocycles. The number of anilines is 1. The summed E-state index contributed by atoms with van der Waals surface area (Å²) < 4.78 is 17.4. The van der Waals surface area contributed by atoms with Crippen LogP contribution in [0.25, 0.3) is 10.9 Å². The van der Waals surface area contributed by atoms with E-state index in [0.29, 0.717) is 0 Å². The minimum absolute atomic E-state index is 0.0921. The first-order valence-corrected chi connectivity index (χ1v) is 11.5. The topological polar surface area (TPSA) is 85.8 Å². The van der Waals surface area contributed by atoms with Crippen molar-refractivity contribution in [3.63, 3.8) is 0 Å². The fourth-order valence-corrected chi connectivity index (χ4v) is 4.37. The van der Waals surface area contributed by atoms with Crippen LogP contribution in [0.2, 0.25) is 0 Å². The van der Waals surface area contributed by atoms with Crippen molar-refractivity contribution in [2.24, 2.45) is 0 Å². The fraction of sp³-hybridized carbons (Fsp3) is 0.625. The summed E-state index contributed by atoms with van der Waals surface area (Å²) in [5.74, 6) is 0.839. The fourth-order valence-electron chi connectivity index (χ4n) is 4.37. The highest BCUT2D eigenvalue weighted by Crippen LogP contribution is 2.35. The molecule has 0 spiro atoms. The van der Waals surface area contributed by atoms with Crippen LogP contribution in [-0.2, 0) is 9.47 Å². The maximum Gasteiger partial charge on any atom is 0.407 e. The Balaban J connectivity index is 1.45. The third-order valence-corrected chi connectivity index (χ3v) is 5.94. The number of aromatic nitrogens is 2. The molecule has 0 atom stereocenters. The molecule has 32 heavy (non-hydrogen) atoms. The van der Waals surface area contributed by atoms with E-state index in [0.717, 1.165) is 80.0 Å². The van der Waals surface area contributed by atoms with Gasteiger partial charge in [-0.1, -0.05) is 0 Å². The highest BCUT2D eigenvalue weighted by molar-refractivity contribution is 5.90. The summed E-state index contributed by atoms with van der Waals surface area (Å²) >= 11 is 0. The van der Waals surface area contributed by atoms with E-state index >= 15 is 0 Å². The molecule has 8 nitrogen and oxygen atoms in total. The molecule has 174 valence electrons. The summed E-state index contributed by atoms with van der Waals surface area (Å²) in [6, 6.07) is 4.35. The zero-order chi connectivity index (χ0) is 22.7. The zero-order valence-electron chi connectivity index (χ0n) is 19.5. The lowest BCUT2D eigenvalue weighted by molar-refractivity contribution is 0.0471. The maximum absolute atomic E-state index is 12.1. The molecule has 1 saturated carbocycles. The summed E-state index contributed by atoms with van der Waals surface area (Å²) in [5, 5.41) is 3.97. The molecule has 1 aliphatic carbocycles. The molecular weight excluding hydrogens is 408 g/mol. The minimum Gasteiger partial charge on any atom is -0.490 e.